The van der Waals surface area contributed by atoms with Crippen LogP contribution in [0.25, 0.3) is 10.2 Å². The van der Waals surface area contributed by atoms with Crippen molar-refractivity contribution in [3.05, 3.63) is 35.0 Å². The van der Waals surface area contributed by atoms with Crippen LogP contribution in [-0.4, -0.2) is 21.5 Å². The lowest BCUT2D eigenvalue weighted by molar-refractivity contribution is 0.462. The summed E-state index contributed by atoms with van der Waals surface area (Å²) in [4.78, 5) is 15.3. The molecule has 0 saturated carbocycles. The summed E-state index contributed by atoms with van der Waals surface area (Å²) < 4.78 is 5.98. The molecule has 0 unspecified atom stereocenters. The summed E-state index contributed by atoms with van der Waals surface area (Å²) in [6.07, 6.45) is 1.75. The summed E-state index contributed by atoms with van der Waals surface area (Å²) in [5.41, 5.74) is 0.834. The second kappa shape index (κ2) is 5.65. The van der Waals surface area contributed by atoms with E-state index < -0.39 is 0 Å². The molecule has 0 fully saturated rings. The van der Waals surface area contributed by atoms with E-state index in [1.165, 1.54) is 4.88 Å². The maximum atomic E-state index is 5.98. The molecule has 3 rings (SSSR count). The minimum atomic E-state index is 0.566. The lowest BCUT2D eigenvalue weighted by Crippen LogP contribution is -2.03. The zero-order valence-corrected chi connectivity index (χ0v) is 13.0. The molecular formula is C15H16N4OS. The Kier molecular flexibility index (Phi) is 3.70. The van der Waals surface area contributed by atoms with Gasteiger partial charge in [0.2, 0.25) is 11.8 Å². The third kappa shape index (κ3) is 2.80. The number of ether oxygens (including phenoxy) is 1. The van der Waals surface area contributed by atoms with E-state index in [-0.39, 0.29) is 0 Å². The van der Waals surface area contributed by atoms with Crippen LogP contribution in [0.3, 0.4) is 0 Å². The molecule has 0 aliphatic heterocycles. The molecule has 3 heterocycles. The number of aryl methyl sites for hydroxylation is 2. The van der Waals surface area contributed by atoms with Crippen LogP contribution in [0.4, 0.5) is 5.95 Å². The van der Waals surface area contributed by atoms with E-state index in [9.17, 15) is 0 Å². The number of fused-ring (bicyclic) bond motifs is 1. The number of hydrogen-bond acceptors (Lipinski definition) is 6. The van der Waals surface area contributed by atoms with Gasteiger partial charge in [-0.05, 0) is 39.0 Å². The van der Waals surface area contributed by atoms with Gasteiger partial charge in [0.1, 0.15) is 4.83 Å². The molecule has 3 aromatic rings. The topological polar surface area (TPSA) is 59.9 Å². The van der Waals surface area contributed by atoms with Crippen molar-refractivity contribution < 1.29 is 4.74 Å². The van der Waals surface area contributed by atoms with Crippen LogP contribution >= 0.6 is 11.3 Å². The Labute approximate surface area is 127 Å². The maximum absolute atomic E-state index is 5.98. The maximum Gasteiger partial charge on any atom is 0.232 e. The largest absolute Gasteiger partial charge is 0.436 e. The molecule has 0 amide bonds. The van der Waals surface area contributed by atoms with Crippen molar-refractivity contribution >= 4 is 27.5 Å². The Morgan fingerprint density at radius 3 is 2.90 bits per heavy atom. The Bertz CT molecular complexity index is 784. The first-order valence-electron chi connectivity index (χ1n) is 6.79. The first kappa shape index (κ1) is 13.8. The average Bonchev–Trinajstić information content (AvgIpc) is 2.82. The summed E-state index contributed by atoms with van der Waals surface area (Å²) in [7, 11) is 0. The second-order valence-electron chi connectivity index (χ2n) is 4.65. The van der Waals surface area contributed by atoms with Crippen molar-refractivity contribution in [3.8, 4) is 11.6 Å². The third-order valence-electron chi connectivity index (χ3n) is 2.98. The van der Waals surface area contributed by atoms with Gasteiger partial charge >= 0.3 is 0 Å². The van der Waals surface area contributed by atoms with Crippen molar-refractivity contribution in [2.45, 2.75) is 20.8 Å². The number of thiophene rings is 1. The molecule has 0 aliphatic carbocycles. The van der Waals surface area contributed by atoms with Crippen molar-refractivity contribution in [2.75, 3.05) is 11.9 Å². The molecule has 0 aromatic carbocycles. The van der Waals surface area contributed by atoms with E-state index in [0.29, 0.717) is 17.6 Å². The fourth-order valence-electron chi connectivity index (χ4n) is 2.01. The molecular weight excluding hydrogens is 284 g/mol. The number of aromatic nitrogens is 3. The van der Waals surface area contributed by atoms with Crippen molar-refractivity contribution in [1.82, 2.24) is 15.0 Å². The highest BCUT2D eigenvalue weighted by Gasteiger charge is 2.13. The molecule has 108 valence electrons. The third-order valence-corrected chi connectivity index (χ3v) is 3.93. The van der Waals surface area contributed by atoms with Crippen LogP contribution < -0.4 is 10.1 Å². The fraction of sp³-hybridized carbons (Fsp3) is 0.267. The highest BCUT2D eigenvalue weighted by Crippen LogP contribution is 2.34. The zero-order chi connectivity index (χ0) is 14.8. The minimum absolute atomic E-state index is 0.566. The van der Waals surface area contributed by atoms with E-state index in [4.69, 9.17) is 4.74 Å². The Balaban J connectivity index is 2.09. The molecule has 0 radical (unpaired) electrons. The molecule has 0 aliphatic rings. The quantitative estimate of drug-likeness (QED) is 0.791. The van der Waals surface area contributed by atoms with E-state index in [1.807, 2.05) is 26.0 Å². The summed E-state index contributed by atoms with van der Waals surface area (Å²) in [6.45, 7) is 6.75. The van der Waals surface area contributed by atoms with Gasteiger partial charge in [0.05, 0.1) is 11.1 Å². The monoisotopic (exact) mass is 300 g/mol. The van der Waals surface area contributed by atoms with Crippen molar-refractivity contribution in [3.63, 3.8) is 0 Å². The number of nitrogens with one attached hydrogen (secondary N) is 1. The summed E-state index contributed by atoms with van der Waals surface area (Å²) in [6, 6.07) is 5.80. The lowest BCUT2D eigenvalue weighted by Gasteiger charge is -2.09. The molecule has 1 N–H and O–H groups in total. The Hall–Kier alpha value is -2.21. The van der Waals surface area contributed by atoms with Crippen LogP contribution in [0.2, 0.25) is 0 Å². The van der Waals surface area contributed by atoms with E-state index in [0.717, 1.165) is 22.5 Å². The number of nitrogens with zero attached hydrogens (tertiary/aromatic N) is 3. The number of anilines is 1. The smallest absolute Gasteiger partial charge is 0.232 e. The Morgan fingerprint density at radius 1 is 1.29 bits per heavy atom. The predicted molar refractivity (Wildman–Crippen MR) is 85.4 cm³/mol. The molecule has 0 saturated heterocycles. The highest BCUT2D eigenvalue weighted by atomic mass is 32.1. The van der Waals surface area contributed by atoms with Crippen LogP contribution in [0.1, 0.15) is 17.5 Å². The van der Waals surface area contributed by atoms with Gasteiger partial charge in [0.25, 0.3) is 0 Å². The first-order valence-corrected chi connectivity index (χ1v) is 7.60. The molecule has 21 heavy (non-hydrogen) atoms. The lowest BCUT2D eigenvalue weighted by atomic mass is 10.3. The molecule has 5 nitrogen and oxygen atoms in total. The fourth-order valence-corrected chi connectivity index (χ4v) is 2.88. The molecule has 0 bridgehead atoms. The predicted octanol–water partition coefficient (Wildman–Crippen LogP) is 3.93. The van der Waals surface area contributed by atoms with Gasteiger partial charge in [-0.1, -0.05) is 0 Å². The molecule has 3 aromatic heterocycles. The second-order valence-corrected chi connectivity index (χ2v) is 5.88. The van der Waals surface area contributed by atoms with Crippen molar-refractivity contribution in [2.24, 2.45) is 0 Å². The zero-order valence-electron chi connectivity index (χ0n) is 12.2. The van der Waals surface area contributed by atoms with Crippen LogP contribution in [0, 0.1) is 13.8 Å². The van der Waals surface area contributed by atoms with Gasteiger partial charge in [-0.15, -0.1) is 11.3 Å². The first-order chi connectivity index (χ1) is 10.2. The molecule has 0 spiro atoms. The Morgan fingerprint density at radius 2 is 2.14 bits per heavy atom. The van der Waals surface area contributed by atoms with Gasteiger partial charge in [-0.3, -0.25) is 4.98 Å². The van der Waals surface area contributed by atoms with Crippen LogP contribution in [-0.2, 0) is 0 Å². The molecule has 6 heteroatoms. The van der Waals surface area contributed by atoms with E-state index >= 15 is 0 Å². The van der Waals surface area contributed by atoms with Gasteiger partial charge < -0.3 is 10.1 Å². The van der Waals surface area contributed by atoms with Gasteiger partial charge in [0.15, 0.2) is 5.75 Å². The van der Waals surface area contributed by atoms with Crippen molar-refractivity contribution in [1.29, 1.82) is 0 Å². The summed E-state index contributed by atoms with van der Waals surface area (Å²) >= 11 is 1.63. The summed E-state index contributed by atoms with van der Waals surface area (Å²) in [5, 5.41) is 4.07. The van der Waals surface area contributed by atoms with Gasteiger partial charge in [-0.25, -0.2) is 4.98 Å². The highest BCUT2D eigenvalue weighted by molar-refractivity contribution is 7.18. The normalized spacial score (nSPS) is 10.8. The van der Waals surface area contributed by atoms with E-state index in [2.05, 4.69) is 33.3 Å². The number of rotatable bonds is 4. The standard InChI is InChI=1S/C15H16N4OS/c1-4-16-15-18-13(11-8-9(2)21-14(11)19-15)20-12-6-5-7-17-10(12)3/h5-8H,4H2,1-3H3,(H,16,18,19). The van der Waals surface area contributed by atoms with Gasteiger partial charge in [0, 0.05) is 17.6 Å². The average molecular weight is 300 g/mol. The SMILES string of the molecule is CCNc1nc(Oc2cccnc2C)c2cc(C)sc2n1. The van der Waals surface area contributed by atoms with Crippen LogP contribution in [0.15, 0.2) is 24.4 Å². The summed E-state index contributed by atoms with van der Waals surface area (Å²) in [5.74, 6) is 1.86. The van der Waals surface area contributed by atoms with Gasteiger partial charge in [-0.2, -0.15) is 4.98 Å². The van der Waals surface area contributed by atoms with Crippen LogP contribution in [0.5, 0.6) is 11.6 Å². The van der Waals surface area contributed by atoms with E-state index in [1.54, 1.807) is 17.5 Å². The number of hydrogen-bond donors (Lipinski definition) is 1. The molecule has 0 atom stereocenters. The number of pyridine rings is 1. The minimum Gasteiger partial charge on any atom is -0.436 e.